The normalized spacial score (nSPS) is 12.5. The van der Waals surface area contributed by atoms with Gasteiger partial charge in [-0.1, -0.05) is 82.2 Å². The molecule has 0 fully saturated rings. The second kappa shape index (κ2) is 12.8. The highest BCUT2D eigenvalue weighted by atomic mass is 16.5. The molecule has 0 spiro atoms. The third-order valence-electron chi connectivity index (χ3n) is 3.96. The number of nitrogens with one attached hydrogen (secondary N) is 1. The molecule has 0 saturated heterocycles. The van der Waals surface area contributed by atoms with Crippen LogP contribution in [0.2, 0.25) is 0 Å². The van der Waals surface area contributed by atoms with Crippen LogP contribution in [-0.4, -0.2) is 20.3 Å². The highest BCUT2D eigenvalue weighted by Crippen LogP contribution is 2.13. The van der Waals surface area contributed by atoms with Gasteiger partial charge in [-0.2, -0.15) is 0 Å². The summed E-state index contributed by atoms with van der Waals surface area (Å²) in [5, 5.41) is 3.62. The fraction of sp³-hybridized carbons (Fsp3) is 0.684. The SMILES string of the molecule is CCCCCCCCCCNC(COC)c1ccccc1. The summed E-state index contributed by atoms with van der Waals surface area (Å²) in [6.07, 6.45) is 11.0. The van der Waals surface area contributed by atoms with Gasteiger partial charge in [0.1, 0.15) is 0 Å². The summed E-state index contributed by atoms with van der Waals surface area (Å²) in [6, 6.07) is 10.9. The van der Waals surface area contributed by atoms with Crippen LogP contribution in [0, 0.1) is 0 Å². The van der Waals surface area contributed by atoms with Crippen molar-refractivity contribution in [2.75, 3.05) is 20.3 Å². The number of benzene rings is 1. The summed E-state index contributed by atoms with van der Waals surface area (Å²) >= 11 is 0. The van der Waals surface area contributed by atoms with Crippen LogP contribution in [0.3, 0.4) is 0 Å². The summed E-state index contributed by atoms with van der Waals surface area (Å²) in [7, 11) is 1.77. The quantitative estimate of drug-likeness (QED) is 0.510. The smallest absolute Gasteiger partial charge is 0.0657 e. The Morgan fingerprint density at radius 3 is 2.14 bits per heavy atom. The van der Waals surface area contributed by atoms with Crippen molar-refractivity contribution >= 4 is 0 Å². The van der Waals surface area contributed by atoms with Crippen LogP contribution in [-0.2, 0) is 4.74 Å². The molecule has 0 aromatic heterocycles. The first-order chi connectivity index (χ1) is 10.4. The Balaban J connectivity index is 2.09. The zero-order chi connectivity index (χ0) is 15.2. The van der Waals surface area contributed by atoms with Gasteiger partial charge >= 0.3 is 0 Å². The molecule has 0 bridgehead atoms. The summed E-state index contributed by atoms with van der Waals surface area (Å²) in [4.78, 5) is 0. The van der Waals surface area contributed by atoms with E-state index >= 15 is 0 Å². The second-order valence-electron chi connectivity index (χ2n) is 5.85. The zero-order valence-electron chi connectivity index (χ0n) is 13.9. The molecule has 0 aliphatic heterocycles. The molecule has 2 nitrogen and oxygen atoms in total. The van der Waals surface area contributed by atoms with Crippen LogP contribution < -0.4 is 5.32 Å². The maximum Gasteiger partial charge on any atom is 0.0657 e. The predicted molar refractivity (Wildman–Crippen MR) is 91.7 cm³/mol. The summed E-state index contributed by atoms with van der Waals surface area (Å²) in [5.41, 5.74) is 1.32. The van der Waals surface area contributed by atoms with E-state index in [1.54, 1.807) is 7.11 Å². The fourth-order valence-electron chi connectivity index (χ4n) is 2.66. The van der Waals surface area contributed by atoms with E-state index in [1.165, 1.54) is 56.9 Å². The van der Waals surface area contributed by atoms with E-state index in [4.69, 9.17) is 4.74 Å². The third kappa shape index (κ3) is 8.90. The lowest BCUT2D eigenvalue weighted by Gasteiger charge is -2.18. The van der Waals surface area contributed by atoms with Crippen LogP contribution in [0.4, 0.5) is 0 Å². The summed E-state index contributed by atoms with van der Waals surface area (Å²) in [6.45, 7) is 4.09. The van der Waals surface area contributed by atoms with Gasteiger partial charge < -0.3 is 10.1 Å². The van der Waals surface area contributed by atoms with E-state index in [1.807, 2.05) is 0 Å². The van der Waals surface area contributed by atoms with Gasteiger partial charge in [-0.05, 0) is 18.5 Å². The average molecular weight is 291 g/mol. The van der Waals surface area contributed by atoms with Crippen LogP contribution in [0.5, 0.6) is 0 Å². The molecule has 0 saturated carbocycles. The van der Waals surface area contributed by atoms with E-state index < -0.39 is 0 Å². The van der Waals surface area contributed by atoms with Crippen LogP contribution >= 0.6 is 0 Å². The molecular formula is C19H33NO. The summed E-state index contributed by atoms with van der Waals surface area (Å²) < 4.78 is 5.33. The van der Waals surface area contributed by atoms with Gasteiger partial charge in [0.2, 0.25) is 0 Å². The van der Waals surface area contributed by atoms with Crippen molar-refractivity contribution in [1.82, 2.24) is 5.32 Å². The Morgan fingerprint density at radius 2 is 1.52 bits per heavy atom. The van der Waals surface area contributed by atoms with Crippen LogP contribution in [0.15, 0.2) is 30.3 Å². The highest BCUT2D eigenvalue weighted by molar-refractivity contribution is 5.18. The maximum absolute atomic E-state index is 5.33. The van der Waals surface area contributed by atoms with E-state index in [2.05, 4.69) is 42.6 Å². The van der Waals surface area contributed by atoms with Gasteiger partial charge in [0.15, 0.2) is 0 Å². The highest BCUT2D eigenvalue weighted by Gasteiger charge is 2.09. The van der Waals surface area contributed by atoms with Crippen molar-refractivity contribution in [2.45, 2.75) is 64.3 Å². The zero-order valence-corrected chi connectivity index (χ0v) is 13.9. The van der Waals surface area contributed by atoms with Gasteiger partial charge in [0.25, 0.3) is 0 Å². The van der Waals surface area contributed by atoms with Gasteiger partial charge in [-0.25, -0.2) is 0 Å². The lowest BCUT2D eigenvalue weighted by molar-refractivity contribution is 0.166. The van der Waals surface area contributed by atoms with Crippen molar-refractivity contribution in [2.24, 2.45) is 0 Å². The first kappa shape index (κ1) is 18.2. The molecule has 0 aliphatic rings. The molecule has 1 aromatic carbocycles. The Kier molecular flexibility index (Phi) is 11.1. The number of hydrogen-bond acceptors (Lipinski definition) is 2. The van der Waals surface area contributed by atoms with Crippen molar-refractivity contribution < 1.29 is 4.74 Å². The first-order valence-electron chi connectivity index (χ1n) is 8.65. The minimum absolute atomic E-state index is 0.320. The fourth-order valence-corrected chi connectivity index (χ4v) is 2.66. The van der Waals surface area contributed by atoms with Gasteiger partial charge in [-0.3, -0.25) is 0 Å². The Labute approximate surface area is 131 Å². The Bertz CT molecular complexity index is 326. The Morgan fingerprint density at radius 1 is 0.905 bits per heavy atom. The summed E-state index contributed by atoms with van der Waals surface area (Å²) in [5.74, 6) is 0. The predicted octanol–water partition coefficient (Wildman–Crippen LogP) is 5.10. The molecule has 1 atom stereocenters. The molecular weight excluding hydrogens is 258 g/mol. The lowest BCUT2D eigenvalue weighted by atomic mass is 10.1. The topological polar surface area (TPSA) is 21.3 Å². The molecule has 0 heterocycles. The molecule has 1 unspecified atom stereocenters. The van der Waals surface area contributed by atoms with Gasteiger partial charge in [0.05, 0.1) is 12.6 Å². The van der Waals surface area contributed by atoms with E-state index in [-0.39, 0.29) is 0 Å². The molecule has 21 heavy (non-hydrogen) atoms. The molecule has 0 amide bonds. The largest absolute Gasteiger partial charge is 0.383 e. The number of ether oxygens (including phenoxy) is 1. The molecule has 0 aliphatic carbocycles. The van der Waals surface area contributed by atoms with Crippen molar-refractivity contribution in [1.29, 1.82) is 0 Å². The number of rotatable bonds is 13. The standard InChI is InChI=1S/C19H33NO/c1-3-4-5-6-7-8-9-13-16-20-19(17-21-2)18-14-11-10-12-15-18/h10-12,14-15,19-20H,3-9,13,16-17H2,1-2H3. The van der Waals surface area contributed by atoms with Gasteiger partial charge in [-0.15, -0.1) is 0 Å². The molecule has 1 N–H and O–H groups in total. The lowest BCUT2D eigenvalue weighted by Crippen LogP contribution is -2.26. The van der Waals surface area contributed by atoms with Gasteiger partial charge in [0, 0.05) is 7.11 Å². The minimum atomic E-state index is 0.320. The van der Waals surface area contributed by atoms with Crippen molar-refractivity contribution in [3.05, 3.63) is 35.9 Å². The number of hydrogen-bond donors (Lipinski definition) is 1. The van der Waals surface area contributed by atoms with E-state index in [0.717, 1.165) is 13.2 Å². The second-order valence-corrected chi connectivity index (χ2v) is 5.85. The molecule has 1 rings (SSSR count). The maximum atomic E-state index is 5.33. The third-order valence-corrected chi connectivity index (χ3v) is 3.96. The molecule has 2 heteroatoms. The molecule has 0 radical (unpaired) electrons. The van der Waals surface area contributed by atoms with E-state index in [0.29, 0.717) is 6.04 Å². The van der Waals surface area contributed by atoms with Crippen molar-refractivity contribution in [3.63, 3.8) is 0 Å². The Hall–Kier alpha value is -0.860. The van der Waals surface area contributed by atoms with Crippen molar-refractivity contribution in [3.8, 4) is 0 Å². The first-order valence-corrected chi connectivity index (χ1v) is 8.65. The van der Waals surface area contributed by atoms with Crippen LogP contribution in [0.1, 0.15) is 69.9 Å². The minimum Gasteiger partial charge on any atom is -0.383 e. The number of unbranched alkanes of at least 4 members (excludes halogenated alkanes) is 7. The number of methoxy groups -OCH3 is 1. The van der Waals surface area contributed by atoms with E-state index in [9.17, 15) is 0 Å². The van der Waals surface area contributed by atoms with Crippen LogP contribution in [0.25, 0.3) is 0 Å². The molecule has 1 aromatic rings. The molecule has 120 valence electrons. The average Bonchev–Trinajstić information content (AvgIpc) is 2.53. The monoisotopic (exact) mass is 291 g/mol.